The molecule has 0 aliphatic heterocycles. The van der Waals surface area contributed by atoms with Crippen LogP contribution in [0.3, 0.4) is 0 Å². The van der Waals surface area contributed by atoms with Gasteiger partial charge >= 0.3 is 12.1 Å². The van der Waals surface area contributed by atoms with E-state index in [-0.39, 0.29) is 13.2 Å². The van der Waals surface area contributed by atoms with E-state index >= 15 is 0 Å². The number of benzene rings is 3. The van der Waals surface area contributed by atoms with Gasteiger partial charge in [0.1, 0.15) is 13.2 Å². The standard InChI is InChI=1S/C30H32O5/c1-3-5-19-33-29(32)35-21-30(20-34-28(31)23-17-15-22(10-4-2)16-18-23)26-13-8-6-11-24(26)25-12-7-9-14-27(25)30/h6-9,11-18H,3-5,10,19-21H2,1-2H3. The first-order valence-electron chi connectivity index (χ1n) is 12.3. The monoisotopic (exact) mass is 472 g/mol. The van der Waals surface area contributed by atoms with E-state index in [1.807, 2.05) is 67.6 Å². The van der Waals surface area contributed by atoms with Crippen molar-refractivity contribution in [2.24, 2.45) is 0 Å². The Bertz CT molecular complexity index is 1120. The van der Waals surface area contributed by atoms with Gasteiger partial charge in [-0.3, -0.25) is 0 Å². The number of aryl methyl sites for hydroxylation is 1. The van der Waals surface area contributed by atoms with Crippen molar-refractivity contribution in [3.8, 4) is 11.1 Å². The van der Waals surface area contributed by atoms with Gasteiger partial charge < -0.3 is 14.2 Å². The fourth-order valence-corrected chi connectivity index (χ4v) is 4.66. The molecule has 0 saturated carbocycles. The Morgan fingerprint density at radius 3 is 1.91 bits per heavy atom. The summed E-state index contributed by atoms with van der Waals surface area (Å²) in [6.45, 7) is 4.52. The molecule has 35 heavy (non-hydrogen) atoms. The number of hydrogen-bond donors (Lipinski definition) is 0. The third-order valence-electron chi connectivity index (χ3n) is 6.51. The molecule has 0 bridgehead atoms. The van der Waals surface area contributed by atoms with E-state index in [4.69, 9.17) is 14.2 Å². The van der Waals surface area contributed by atoms with Gasteiger partial charge in [0.2, 0.25) is 0 Å². The number of hydrogen-bond acceptors (Lipinski definition) is 5. The average Bonchev–Trinajstić information content (AvgIpc) is 3.17. The van der Waals surface area contributed by atoms with Gasteiger partial charge in [0, 0.05) is 0 Å². The third-order valence-corrected chi connectivity index (χ3v) is 6.51. The van der Waals surface area contributed by atoms with E-state index in [2.05, 4.69) is 6.92 Å². The number of fused-ring (bicyclic) bond motifs is 3. The van der Waals surface area contributed by atoms with Gasteiger partial charge in [-0.1, -0.05) is 87.4 Å². The molecular formula is C30H32O5. The molecule has 0 fully saturated rings. The van der Waals surface area contributed by atoms with Crippen LogP contribution >= 0.6 is 0 Å². The second-order valence-electron chi connectivity index (χ2n) is 8.94. The molecule has 4 rings (SSSR count). The molecule has 1 aliphatic rings. The van der Waals surface area contributed by atoms with Crippen molar-refractivity contribution in [1.82, 2.24) is 0 Å². The highest BCUT2D eigenvalue weighted by Crippen LogP contribution is 2.49. The van der Waals surface area contributed by atoms with E-state index < -0.39 is 17.5 Å². The molecule has 182 valence electrons. The summed E-state index contributed by atoms with van der Waals surface area (Å²) in [7, 11) is 0. The van der Waals surface area contributed by atoms with Crippen LogP contribution in [0, 0.1) is 0 Å². The highest BCUT2D eigenvalue weighted by molar-refractivity contribution is 5.90. The number of esters is 1. The zero-order valence-corrected chi connectivity index (χ0v) is 20.4. The molecule has 3 aromatic rings. The van der Waals surface area contributed by atoms with Gasteiger partial charge in [0.25, 0.3) is 0 Å². The summed E-state index contributed by atoms with van der Waals surface area (Å²) in [4.78, 5) is 25.3. The van der Waals surface area contributed by atoms with E-state index in [0.29, 0.717) is 12.2 Å². The molecule has 5 nitrogen and oxygen atoms in total. The summed E-state index contributed by atoms with van der Waals surface area (Å²) in [6, 6.07) is 23.5. The van der Waals surface area contributed by atoms with Gasteiger partial charge in [-0.25, -0.2) is 9.59 Å². The summed E-state index contributed by atoms with van der Waals surface area (Å²) >= 11 is 0. The molecule has 0 heterocycles. The second kappa shape index (κ2) is 11.2. The first kappa shape index (κ1) is 24.5. The Kier molecular flexibility index (Phi) is 7.86. The zero-order valence-electron chi connectivity index (χ0n) is 20.4. The van der Waals surface area contributed by atoms with Gasteiger partial charge in [0.15, 0.2) is 0 Å². The maximum atomic E-state index is 13.0. The normalized spacial score (nSPS) is 13.0. The van der Waals surface area contributed by atoms with Crippen molar-refractivity contribution in [3.05, 3.63) is 95.1 Å². The van der Waals surface area contributed by atoms with Crippen LogP contribution in [0.15, 0.2) is 72.8 Å². The van der Waals surface area contributed by atoms with Crippen molar-refractivity contribution in [2.75, 3.05) is 19.8 Å². The number of rotatable bonds is 10. The smallest absolute Gasteiger partial charge is 0.461 e. The molecule has 0 aromatic heterocycles. The lowest BCUT2D eigenvalue weighted by Gasteiger charge is -2.30. The molecule has 3 aromatic carbocycles. The molecule has 1 aliphatic carbocycles. The van der Waals surface area contributed by atoms with Crippen LogP contribution in [-0.2, 0) is 26.0 Å². The molecular weight excluding hydrogens is 440 g/mol. The molecule has 0 atom stereocenters. The van der Waals surface area contributed by atoms with Crippen molar-refractivity contribution < 1.29 is 23.8 Å². The van der Waals surface area contributed by atoms with Crippen LogP contribution in [0.1, 0.15) is 60.2 Å². The lowest BCUT2D eigenvalue weighted by molar-refractivity contribution is 0.0202. The number of carbonyl (C=O) groups is 2. The largest absolute Gasteiger partial charge is 0.508 e. The minimum absolute atomic E-state index is 0.00863. The molecule has 0 saturated heterocycles. The van der Waals surface area contributed by atoms with Crippen LogP contribution in [0.5, 0.6) is 0 Å². The SMILES string of the molecule is CCCCOC(=O)OCC1(COC(=O)c2ccc(CCC)cc2)c2ccccc2-c2ccccc21. The van der Waals surface area contributed by atoms with Gasteiger partial charge in [-0.15, -0.1) is 0 Å². The van der Waals surface area contributed by atoms with Crippen LogP contribution in [-0.4, -0.2) is 31.9 Å². The van der Waals surface area contributed by atoms with Crippen molar-refractivity contribution >= 4 is 12.1 Å². The first-order chi connectivity index (χ1) is 17.1. The molecule has 0 radical (unpaired) electrons. The summed E-state index contributed by atoms with van der Waals surface area (Å²) in [5, 5.41) is 0. The Balaban J connectivity index is 1.60. The van der Waals surface area contributed by atoms with Crippen molar-refractivity contribution in [1.29, 1.82) is 0 Å². The van der Waals surface area contributed by atoms with E-state index in [1.165, 1.54) is 5.56 Å². The topological polar surface area (TPSA) is 61.8 Å². The Morgan fingerprint density at radius 1 is 0.714 bits per heavy atom. The average molecular weight is 473 g/mol. The van der Waals surface area contributed by atoms with Crippen LogP contribution in [0.4, 0.5) is 4.79 Å². The van der Waals surface area contributed by atoms with Gasteiger partial charge in [-0.05, 0) is 52.8 Å². The predicted octanol–water partition coefficient (Wildman–Crippen LogP) is 6.72. The Morgan fingerprint density at radius 2 is 1.31 bits per heavy atom. The molecule has 0 spiro atoms. The zero-order chi connectivity index (χ0) is 24.7. The lowest BCUT2D eigenvalue weighted by Crippen LogP contribution is -2.38. The highest BCUT2D eigenvalue weighted by atomic mass is 16.7. The Hall–Kier alpha value is -3.60. The minimum Gasteiger partial charge on any atom is -0.461 e. The van der Waals surface area contributed by atoms with Crippen LogP contribution in [0.25, 0.3) is 11.1 Å². The van der Waals surface area contributed by atoms with E-state index in [0.717, 1.165) is 47.9 Å². The van der Waals surface area contributed by atoms with Crippen molar-refractivity contribution in [3.63, 3.8) is 0 Å². The van der Waals surface area contributed by atoms with E-state index in [9.17, 15) is 9.59 Å². The number of ether oxygens (including phenoxy) is 3. The van der Waals surface area contributed by atoms with Crippen molar-refractivity contribution in [2.45, 2.75) is 44.9 Å². The maximum Gasteiger partial charge on any atom is 0.508 e. The fourth-order valence-electron chi connectivity index (χ4n) is 4.66. The number of carbonyl (C=O) groups excluding carboxylic acids is 2. The minimum atomic E-state index is -0.825. The van der Waals surface area contributed by atoms with Gasteiger partial charge in [0.05, 0.1) is 17.6 Å². The fraction of sp³-hybridized carbons (Fsp3) is 0.333. The molecule has 0 amide bonds. The predicted molar refractivity (Wildman–Crippen MR) is 136 cm³/mol. The molecule has 0 N–H and O–H groups in total. The maximum absolute atomic E-state index is 13.0. The summed E-state index contributed by atoms with van der Waals surface area (Å²) < 4.78 is 16.7. The quantitative estimate of drug-likeness (QED) is 0.242. The summed E-state index contributed by atoms with van der Waals surface area (Å²) in [6.07, 6.45) is 3.01. The van der Waals surface area contributed by atoms with Crippen LogP contribution < -0.4 is 0 Å². The highest BCUT2D eigenvalue weighted by Gasteiger charge is 2.45. The summed E-state index contributed by atoms with van der Waals surface area (Å²) in [5.41, 5.74) is 4.89. The van der Waals surface area contributed by atoms with Crippen LogP contribution in [0.2, 0.25) is 0 Å². The van der Waals surface area contributed by atoms with Gasteiger partial charge in [-0.2, -0.15) is 0 Å². The Labute approximate surface area is 207 Å². The molecule has 0 unspecified atom stereocenters. The van der Waals surface area contributed by atoms with E-state index in [1.54, 1.807) is 12.1 Å². The number of unbranched alkanes of at least 4 members (excludes halogenated alkanes) is 1. The molecule has 5 heteroatoms. The first-order valence-corrected chi connectivity index (χ1v) is 12.3. The second-order valence-corrected chi connectivity index (χ2v) is 8.94. The summed E-state index contributed by atoms with van der Waals surface area (Å²) in [5.74, 6) is -0.403. The lowest BCUT2D eigenvalue weighted by atomic mass is 9.79. The third kappa shape index (κ3) is 5.24.